The highest BCUT2D eigenvalue weighted by atomic mass is 19.1. The Bertz CT molecular complexity index is 1710. The van der Waals surface area contributed by atoms with Crippen LogP contribution in [0.1, 0.15) is 68.1 Å². The molecule has 1 unspecified atom stereocenters. The molecule has 2 aromatic carbocycles. The molecule has 1 aliphatic carbocycles. The first-order valence-corrected chi connectivity index (χ1v) is 15.4. The van der Waals surface area contributed by atoms with Gasteiger partial charge in [-0.1, -0.05) is 6.07 Å². The molecule has 3 heterocycles. The van der Waals surface area contributed by atoms with Crippen LogP contribution in [0, 0.1) is 5.82 Å². The second-order valence-corrected chi connectivity index (χ2v) is 13.2. The number of carbonyl (C=O) groups excluding carboxylic acids is 3. The van der Waals surface area contributed by atoms with Gasteiger partial charge in [-0.3, -0.25) is 19.3 Å². The molecule has 2 saturated heterocycles. The van der Waals surface area contributed by atoms with Gasteiger partial charge >= 0.3 is 6.09 Å². The maximum atomic E-state index is 14.9. The highest BCUT2D eigenvalue weighted by Gasteiger charge is 2.44. The molecular formula is C33H38FN5O6. The van der Waals surface area contributed by atoms with Crippen molar-refractivity contribution in [2.75, 3.05) is 26.7 Å². The van der Waals surface area contributed by atoms with Crippen LogP contribution in [0.2, 0.25) is 0 Å². The predicted molar refractivity (Wildman–Crippen MR) is 164 cm³/mol. The molecule has 45 heavy (non-hydrogen) atoms. The summed E-state index contributed by atoms with van der Waals surface area (Å²) in [4.78, 5) is 55.9. The van der Waals surface area contributed by atoms with Crippen LogP contribution < -0.4 is 10.3 Å². The summed E-state index contributed by atoms with van der Waals surface area (Å²) in [6.07, 6.45) is 3.60. The van der Waals surface area contributed by atoms with Crippen LogP contribution in [0.5, 0.6) is 5.75 Å². The summed E-state index contributed by atoms with van der Waals surface area (Å²) in [5.41, 5.74) is 0.185. The lowest BCUT2D eigenvalue weighted by atomic mass is 9.96. The fourth-order valence-electron chi connectivity index (χ4n) is 5.76. The van der Waals surface area contributed by atoms with Crippen molar-refractivity contribution in [3.8, 4) is 5.75 Å². The summed E-state index contributed by atoms with van der Waals surface area (Å²) in [6.45, 7) is 6.27. The zero-order chi connectivity index (χ0) is 32.0. The number of aromatic nitrogens is 2. The normalized spacial score (nSPS) is 18.6. The Kier molecular flexibility index (Phi) is 8.00. The molecule has 3 aromatic rings. The number of nitrogens with one attached hydrogen (secondary N) is 1. The summed E-state index contributed by atoms with van der Waals surface area (Å²) in [7, 11) is 1.66. The Morgan fingerprint density at radius 1 is 1.07 bits per heavy atom. The summed E-state index contributed by atoms with van der Waals surface area (Å²) in [6, 6.07) is 8.84. The number of H-pyrrole nitrogens is 1. The van der Waals surface area contributed by atoms with Crippen LogP contribution in [-0.4, -0.2) is 93.3 Å². The van der Waals surface area contributed by atoms with Gasteiger partial charge in [-0.2, -0.15) is 5.10 Å². The van der Waals surface area contributed by atoms with Crippen LogP contribution in [0.15, 0.2) is 41.2 Å². The van der Waals surface area contributed by atoms with Gasteiger partial charge in [0.15, 0.2) is 0 Å². The number of benzene rings is 2. The number of amides is 3. The molecule has 12 heteroatoms. The number of fused-ring (bicyclic) bond motifs is 1. The van der Waals surface area contributed by atoms with E-state index in [1.54, 1.807) is 50.9 Å². The third kappa shape index (κ3) is 6.23. The van der Waals surface area contributed by atoms with Gasteiger partial charge < -0.3 is 19.3 Å². The molecule has 3 aliphatic rings. The van der Waals surface area contributed by atoms with E-state index >= 15 is 0 Å². The van der Waals surface area contributed by atoms with E-state index in [0.717, 1.165) is 19.3 Å². The first-order chi connectivity index (χ1) is 21.4. The Labute approximate surface area is 260 Å². The van der Waals surface area contributed by atoms with Gasteiger partial charge in [-0.05, 0) is 82.3 Å². The Hall–Kier alpha value is -4.48. The van der Waals surface area contributed by atoms with Crippen LogP contribution in [0.25, 0.3) is 10.8 Å². The minimum atomic E-state index is -0.661. The van der Waals surface area contributed by atoms with Crippen molar-refractivity contribution in [2.45, 2.75) is 76.7 Å². The maximum absolute atomic E-state index is 14.9. The first-order valence-electron chi connectivity index (χ1n) is 15.4. The average molecular weight is 620 g/mol. The molecule has 0 spiro atoms. The highest BCUT2D eigenvalue weighted by Crippen LogP contribution is 2.29. The van der Waals surface area contributed by atoms with Crippen molar-refractivity contribution in [3.05, 3.63) is 69.4 Å². The van der Waals surface area contributed by atoms with Crippen molar-refractivity contribution in [2.24, 2.45) is 0 Å². The van der Waals surface area contributed by atoms with Gasteiger partial charge in [0.1, 0.15) is 23.2 Å². The van der Waals surface area contributed by atoms with Crippen molar-refractivity contribution in [1.82, 2.24) is 24.9 Å². The molecule has 1 aromatic heterocycles. The van der Waals surface area contributed by atoms with Crippen LogP contribution in [-0.2, 0) is 16.0 Å². The SMILES string of the molecule is CN(C(=O)C1CCN1C(=O)OC(C)(C)C)C1CN(C(=O)c2cc(Cc3n[nH]c(=O)c4ccc(OC5CCC5)cc34)ccc2F)C1. The molecule has 3 amide bonds. The molecule has 2 aliphatic heterocycles. The topological polar surface area (TPSA) is 125 Å². The van der Waals surface area contributed by atoms with Crippen molar-refractivity contribution < 1.29 is 28.2 Å². The Morgan fingerprint density at radius 2 is 1.82 bits per heavy atom. The van der Waals surface area contributed by atoms with Crippen molar-refractivity contribution >= 4 is 28.7 Å². The van der Waals surface area contributed by atoms with Crippen LogP contribution in [0.3, 0.4) is 0 Å². The third-order valence-corrected chi connectivity index (χ3v) is 8.80. The standard InChI is InChI=1S/C33H38FN5O6/c1-33(2,3)45-32(43)39-13-12-28(39)31(42)37(4)20-17-38(18-20)30(41)25-14-19(8-11-26(25)34)15-27-24-16-22(44-21-6-5-7-21)9-10-23(24)29(40)36-35-27/h8-11,14,16,20-21,28H,5-7,12-13,15,17-18H2,1-4H3,(H,36,40). The number of rotatable bonds is 7. The van der Waals surface area contributed by atoms with Crippen molar-refractivity contribution in [3.63, 3.8) is 0 Å². The summed E-state index contributed by atoms with van der Waals surface area (Å²) < 4.78 is 26.4. The van der Waals surface area contributed by atoms with E-state index < -0.39 is 29.5 Å². The fraction of sp³-hybridized carbons (Fsp3) is 0.485. The minimum absolute atomic E-state index is 0.0715. The quantitative estimate of drug-likeness (QED) is 0.426. The lowest BCUT2D eigenvalue weighted by Gasteiger charge is -2.47. The number of hydrogen-bond acceptors (Lipinski definition) is 7. The number of halogens is 1. The third-order valence-electron chi connectivity index (χ3n) is 8.80. The number of hydrogen-bond donors (Lipinski definition) is 1. The second kappa shape index (κ2) is 11.8. The first kappa shape index (κ1) is 30.5. The van der Waals surface area contributed by atoms with E-state index in [-0.39, 0.29) is 48.7 Å². The van der Waals surface area contributed by atoms with E-state index in [9.17, 15) is 23.6 Å². The lowest BCUT2D eigenvalue weighted by molar-refractivity contribution is -0.144. The molecule has 3 fully saturated rings. The fourth-order valence-corrected chi connectivity index (χ4v) is 5.76. The molecule has 1 saturated carbocycles. The Morgan fingerprint density at radius 3 is 2.47 bits per heavy atom. The second-order valence-electron chi connectivity index (χ2n) is 13.2. The van der Waals surface area contributed by atoms with Gasteiger partial charge in [-0.15, -0.1) is 0 Å². The van der Waals surface area contributed by atoms with Gasteiger partial charge in [0.25, 0.3) is 11.5 Å². The van der Waals surface area contributed by atoms with Crippen LogP contribution in [0.4, 0.5) is 9.18 Å². The smallest absolute Gasteiger partial charge is 0.410 e. The number of carbonyl (C=O) groups is 3. The van der Waals surface area contributed by atoms with Gasteiger partial charge in [0, 0.05) is 38.5 Å². The highest BCUT2D eigenvalue weighted by molar-refractivity contribution is 5.96. The van der Waals surface area contributed by atoms with E-state index in [1.165, 1.54) is 21.9 Å². The maximum Gasteiger partial charge on any atom is 0.410 e. The predicted octanol–water partition coefficient (Wildman–Crippen LogP) is 3.88. The average Bonchev–Trinajstić information content (AvgIpc) is 2.90. The largest absolute Gasteiger partial charge is 0.490 e. The van der Waals surface area contributed by atoms with E-state index in [0.29, 0.717) is 40.7 Å². The molecule has 1 atom stereocenters. The molecule has 6 rings (SSSR count). The number of likely N-dealkylation sites (N-methyl/N-ethyl adjacent to an activating group) is 1. The number of likely N-dealkylation sites (tertiary alicyclic amines) is 2. The van der Waals surface area contributed by atoms with Gasteiger partial charge in [0.2, 0.25) is 5.91 Å². The van der Waals surface area contributed by atoms with Crippen molar-refractivity contribution in [1.29, 1.82) is 0 Å². The van der Waals surface area contributed by atoms with E-state index in [1.807, 2.05) is 6.07 Å². The molecule has 238 valence electrons. The summed E-state index contributed by atoms with van der Waals surface area (Å²) in [5.74, 6) is -0.656. The summed E-state index contributed by atoms with van der Waals surface area (Å²) >= 11 is 0. The van der Waals surface area contributed by atoms with E-state index in [2.05, 4.69) is 10.2 Å². The summed E-state index contributed by atoms with van der Waals surface area (Å²) in [5, 5.41) is 7.92. The lowest BCUT2D eigenvalue weighted by Crippen LogP contribution is -2.66. The van der Waals surface area contributed by atoms with Gasteiger partial charge in [0.05, 0.1) is 28.8 Å². The molecule has 1 N–H and O–H groups in total. The molecule has 0 radical (unpaired) electrons. The zero-order valence-electron chi connectivity index (χ0n) is 26.0. The number of ether oxygens (including phenoxy) is 2. The molecule has 0 bridgehead atoms. The Balaban J connectivity index is 1.11. The van der Waals surface area contributed by atoms with Crippen LogP contribution >= 0.6 is 0 Å². The molecular weight excluding hydrogens is 581 g/mol. The zero-order valence-corrected chi connectivity index (χ0v) is 26.0. The minimum Gasteiger partial charge on any atom is -0.490 e. The number of aromatic amines is 1. The van der Waals surface area contributed by atoms with Gasteiger partial charge in [-0.25, -0.2) is 14.3 Å². The number of nitrogens with zero attached hydrogens (tertiary/aromatic N) is 4. The monoisotopic (exact) mass is 619 g/mol. The van der Waals surface area contributed by atoms with E-state index in [4.69, 9.17) is 9.47 Å². The molecule has 11 nitrogen and oxygen atoms in total.